The number of nitrogens with zero attached hydrogens (tertiary/aromatic N) is 2. The molecule has 1 aromatic heterocycles. The Hall–Kier alpha value is -1.92. The van der Waals surface area contributed by atoms with Gasteiger partial charge in [-0.1, -0.05) is 17.3 Å². The Labute approximate surface area is 116 Å². The van der Waals surface area contributed by atoms with Gasteiger partial charge in [-0.15, -0.1) is 0 Å². The van der Waals surface area contributed by atoms with Crippen LogP contribution in [0, 0.1) is 0 Å². The largest absolute Gasteiger partial charge is 0.494 e. The fourth-order valence-corrected chi connectivity index (χ4v) is 2.29. The van der Waals surface area contributed by atoms with Gasteiger partial charge in [0.1, 0.15) is 5.75 Å². The smallest absolute Gasteiger partial charge is 0.244 e. The predicted octanol–water partition coefficient (Wildman–Crippen LogP) is 1.53. The van der Waals surface area contributed by atoms with Crippen molar-refractivity contribution < 1.29 is 14.4 Å². The summed E-state index contributed by atoms with van der Waals surface area (Å²) in [6.45, 7) is 3.11. The molecular weight excluding hydrogens is 258 g/mol. The molecule has 2 N–H and O–H groups in total. The molecule has 0 spiro atoms. The van der Waals surface area contributed by atoms with Gasteiger partial charge < -0.3 is 19.7 Å². The summed E-state index contributed by atoms with van der Waals surface area (Å²) in [4.78, 5) is 4.39. The van der Waals surface area contributed by atoms with Gasteiger partial charge in [-0.3, -0.25) is 0 Å². The minimum atomic E-state index is -0.350. The highest BCUT2D eigenvalue weighted by molar-refractivity contribution is 5.56. The molecule has 0 saturated carbocycles. The number of benzene rings is 1. The molecule has 6 heteroatoms. The molecular formula is C14H17N3O3. The van der Waals surface area contributed by atoms with E-state index in [-0.39, 0.29) is 12.1 Å². The van der Waals surface area contributed by atoms with E-state index in [0.717, 1.165) is 11.3 Å². The van der Waals surface area contributed by atoms with E-state index < -0.39 is 0 Å². The van der Waals surface area contributed by atoms with E-state index in [1.807, 2.05) is 31.2 Å². The molecule has 1 aliphatic heterocycles. The fourth-order valence-electron chi connectivity index (χ4n) is 2.29. The summed E-state index contributed by atoms with van der Waals surface area (Å²) in [5.41, 5.74) is 0.851. The Morgan fingerprint density at radius 1 is 1.50 bits per heavy atom. The SMILES string of the molecule is CCOc1cccc(-c2noc([C@H]3C[C@@H](O)CN3)n2)c1. The molecule has 1 aliphatic rings. The average molecular weight is 275 g/mol. The van der Waals surface area contributed by atoms with Crippen molar-refractivity contribution in [3.05, 3.63) is 30.2 Å². The molecule has 106 valence electrons. The van der Waals surface area contributed by atoms with Gasteiger partial charge in [-0.25, -0.2) is 0 Å². The normalized spacial score (nSPS) is 22.1. The van der Waals surface area contributed by atoms with E-state index in [2.05, 4.69) is 15.5 Å². The first-order valence-corrected chi connectivity index (χ1v) is 6.74. The molecule has 0 radical (unpaired) electrons. The zero-order valence-corrected chi connectivity index (χ0v) is 11.2. The molecule has 0 aliphatic carbocycles. The molecule has 6 nitrogen and oxygen atoms in total. The zero-order valence-electron chi connectivity index (χ0n) is 11.2. The topological polar surface area (TPSA) is 80.4 Å². The maximum atomic E-state index is 9.51. The summed E-state index contributed by atoms with van der Waals surface area (Å²) < 4.78 is 10.7. The lowest BCUT2D eigenvalue weighted by molar-refractivity contribution is 0.191. The third-order valence-corrected chi connectivity index (χ3v) is 3.25. The Morgan fingerprint density at radius 3 is 3.15 bits per heavy atom. The van der Waals surface area contributed by atoms with Gasteiger partial charge in [0.25, 0.3) is 0 Å². The monoisotopic (exact) mass is 275 g/mol. The fraction of sp³-hybridized carbons (Fsp3) is 0.429. The van der Waals surface area contributed by atoms with Crippen LogP contribution in [-0.2, 0) is 0 Å². The first-order valence-electron chi connectivity index (χ1n) is 6.74. The molecule has 1 aromatic carbocycles. The van der Waals surface area contributed by atoms with Crippen LogP contribution in [0.5, 0.6) is 5.75 Å². The molecule has 0 bridgehead atoms. The molecule has 3 rings (SSSR count). The second-order valence-electron chi connectivity index (χ2n) is 4.77. The number of ether oxygens (including phenoxy) is 1. The summed E-state index contributed by atoms with van der Waals surface area (Å²) in [6.07, 6.45) is 0.247. The van der Waals surface area contributed by atoms with E-state index in [1.54, 1.807) is 0 Å². The number of aliphatic hydroxyl groups excluding tert-OH is 1. The van der Waals surface area contributed by atoms with Crippen molar-refractivity contribution in [2.75, 3.05) is 13.2 Å². The Balaban J connectivity index is 1.81. The Bertz CT molecular complexity index is 585. The molecule has 2 aromatic rings. The van der Waals surface area contributed by atoms with Gasteiger partial charge >= 0.3 is 0 Å². The molecule has 1 saturated heterocycles. The molecule has 20 heavy (non-hydrogen) atoms. The first kappa shape index (κ1) is 13.1. The molecule has 2 atom stereocenters. The number of rotatable bonds is 4. The Kier molecular flexibility index (Phi) is 3.66. The number of aromatic nitrogens is 2. The van der Waals surface area contributed by atoms with Crippen LogP contribution in [0.25, 0.3) is 11.4 Å². The van der Waals surface area contributed by atoms with Crippen LogP contribution in [0.15, 0.2) is 28.8 Å². The lowest BCUT2D eigenvalue weighted by Crippen LogP contribution is -2.15. The van der Waals surface area contributed by atoms with Crippen molar-refractivity contribution >= 4 is 0 Å². The van der Waals surface area contributed by atoms with E-state index in [9.17, 15) is 5.11 Å². The van der Waals surface area contributed by atoms with Crippen molar-refractivity contribution in [1.29, 1.82) is 0 Å². The minimum Gasteiger partial charge on any atom is -0.494 e. The third-order valence-electron chi connectivity index (χ3n) is 3.25. The molecule has 0 amide bonds. The lowest BCUT2D eigenvalue weighted by Gasteiger charge is -2.03. The van der Waals surface area contributed by atoms with Crippen LogP contribution in [0.3, 0.4) is 0 Å². The van der Waals surface area contributed by atoms with Gasteiger partial charge in [0.2, 0.25) is 11.7 Å². The molecule has 0 unspecified atom stereocenters. The number of aliphatic hydroxyl groups is 1. The van der Waals surface area contributed by atoms with Crippen molar-refractivity contribution in [1.82, 2.24) is 15.5 Å². The maximum Gasteiger partial charge on any atom is 0.244 e. The zero-order chi connectivity index (χ0) is 13.9. The van der Waals surface area contributed by atoms with Gasteiger partial charge in [0, 0.05) is 12.1 Å². The van der Waals surface area contributed by atoms with Crippen molar-refractivity contribution in [2.45, 2.75) is 25.5 Å². The molecule has 1 fully saturated rings. The highest BCUT2D eigenvalue weighted by Gasteiger charge is 2.28. The van der Waals surface area contributed by atoms with Gasteiger partial charge in [0.05, 0.1) is 18.8 Å². The van der Waals surface area contributed by atoms with Crippen LogP contribution in [-0.4, -0.2) is 34.5 Å². The van der Waals surface area contributed by atoms with Crippen molar-refractivity contribution in [3.8, 4) is 17.1 Å². The van der Waals surface area contributed by atoms with Gasteiger partial charge in [0.15, 0.2) is 0 Å². The maximum absolute atomic E-state index is 9.51. The number of β-amino-alcohol motifs (C(OH)–C–C–N with tert-alkyl or cyclic N) is 1. The van der Waals surface area contributed by atoms with Crippen molar-refractivity contribution in [2.24, 2.45) is 0 Å². The van der Waals surface area contributed by atoms with Gasteiger partial charge in [-0.05, 0) is 25.5 Å². The second-order valence-corrected chi connectivity index (χ2v) is 4.77. The van der Waals surface area contributed by atoms with Crippen LogP contribution in [0.4, 0.5) is 0 Å². The first-order chi connectivity index (χ1) is 9.76. The van der Waals surface area contributed by atoms with Crippen LogP contribution in [0.2, 0.25) is 0 Å². The Morgan fingerprint density at radius 2 is 2.40 bits per heavy atom. The van der Waals surface area contributed by atoms with Crippen LogP contribution < -0.4 is 10.1 Å². The predicted molar refractivity (Wildman–Crippen MR) is 72.3 cm³/mol. The molecule has 2 heterocycles. The van der Waals surface area contributed by atoms with Crippen molar-refractivity contribution in [3.63, 3.8) is 0 Å². The summed E-state index contributed by atoms with van der Waals surface area (Å²) in [7, 11) is 0. The summed E-state index contributed by atoms with van der Waals surface area (Å²) in [5.74, 6) is 1.83. The summed E-state index contributed by atoms with van der Waals surface area (Å²) in [6, 6.07) is 7.52. The van der Waals surface area contributed by atoms with Crippen LogP contribution >= 0.6 is 0 Å². The minimum absolute atomic E-state index is 0.0682. The third kappa shape index (κ3) is 2.66. The standard InChI is InChI=1S/C14H17N3O3/c1-2-19-11-5-3-4-9(6-11)13-16-14(20-17-13)12-7-10(18)8-15-12/h3-6,10,12,15,18H,2,7-8H2,1H3/t10-,12-/m1/s1. The van der Waals surface area contributed by atoms with Gasteiger partial charge in [-0.2, -0.15) is 4.98 Å². The number of hydrogen-bond donors (Lipinski definition) is 2. The lowest BCUT2D eigenvalue weighted by atomic mass is 10.2. The number of hydrogen-bond acceptors (Lipinski definition) is 6. The average Bonchev–Trinajstić information content (AvgIpc) is 3.08. The highest BCUT2D eigenvalue weighted by atomic mass is 16.5. The summed E-state index contributed by atoms with van der Waals surface area (Å²) in [5, 5.41) is 16.7. The van der Waals surface area contributed by atoms with Crippen LogP contribution in [0.1, 0.15) is 25.3 Å². The van der Waals surface area contributed by atoms with E-state index >= 15 is 0 Å². The summed E-state index contributed by atoms with van der Waals surface area (Å²) >= 11 is 0. The quantitative estimate of drug-likeness (QED) is 0.880. The highest BCUT2D eigenvalue weighted by Crippen LogP contribution is 2.26. The van der Waals surface area contributed by atoms with E-state index in [0.29, 0.717) is 31.3 Å². The van der Waals surface area contributed by atoms with E-state index in [4.69, 9.17) is 9.26 Å². The second kappa shape index (κ2) is 5.60. The number of nitrogens with one attached hydrogen (secondary N) is 1. The van der Waals surface area contributed by atoms with E-state index in [1.165, 1.54) is 0 Å².